The number of benzene rings is 1. The summed E-state index contributed by atoms with van der Waals surface area (Å²) in [6, 6.07) is 6.37. The molecule has 2 aromatic heterocycles. The Bertz CT molecular complexity index is 1050. The molecule has 1 aliphatic carbocycles. The fourth-order valence-corrected chi connectivity index (χ4v) is 2.93. The molecule has 134 valence electrons. The number of carbonyl (C=O) groups is 1. The highest BCUT2D eigenvalue weighted by Gasteiger charge is 2.24. The van der Waals surface area contributed by atoms with Crippen molar-refractivity contribution in [2.45, 2.75) is 25.4 Å². The van der Waals surface area contributed by atoms with Gasteiger partial charge in [-0.15, -0.1) is 0 Å². The number of halogens is 1. The van der Waals surface area contributed by atoms with Crippen molar-refractivity contribution in [1.29, 1.82) is 0 Å². The molecule has 0 bridgehead atoms. The van der Waals surface area contributed by atoms with E-state index in [1.54, 1.807) is 18.2 Å². The maximum Gasteiger partial charge on any atom is 0.328 e. The molecule has 1 aromatic carbocycles. The zero-order valence-electron chi connectivity index (χ0n) is 14.1. The standard InChI is InChI=1S/C18H17FN4O3/c1-26-14-4-2-3-12(19)16(14)10-7-13-17(20-8-10)22-18(25)23(13)9-15(24)21-11-5-6-11/h2-4,7-8,11H,5-6,9H2,1H3,(H,21,24)(H,20,22,25). The summed E-state index contributed by atoms with van der Waals surface area (Å²) in [5, 5.41) is 2.84. The number of hydrogen-bond acceptors (Lipinski definition) is 4. The highest BCUT2D eigenvalue weighted by Crippen LogP contribution is 2.33. The van der Waals surface area contributed by atoms with Crippen molar-refractivity contribution in [1.82, 2.24) is 19.9 Å². The lowest BCUT2D eigenvalue weighted by atomic mass is 10.1. The van der Waals surface area contributed by atoms with Crippen molar-refractivity contribution in [2.24, 2.45) is 0 Å². The van der Waals surface area contributed by atoms with E-state index in [1.807, 2.05) is 0 Å². The van der Waals surface area contributed by atoms with Crippen LogP contribution in [0.2, 0.25) is 0 Å². The summed E-state index contributed by atoms with van der Waals surface area (Å²) in [6.07, 6.45) is 3.40. The molecule has 4 rings (SSSR count). The first-order chi connectivity index (χ1) is 12.6. The molecule has 1 amide bonds. The third kappa shape index (κ3) is 2.94. The molecule has 1 saturated carbocycles. The number of hydrogen-bond donors (Lipinski definition) is 2. The molecule has 7 nitrogen and oxygen atoms in total. The number of aromatic nitrogens is 3. The number of nitrogens with one attached hydrogen (secondary N) is 2. The van der Waals surface area contributed by atoms with E-state index in [4.69, 9.17) is 4.74 Å². The molecular weight excluding hydrogens is 339 g/mol. The number of pyridine rings is 1. The second-order valence-corrected chi connectivity index (χ2v) is 6.27. The Morgan fingerprint density at radius 1 is 1.46 bits per heavy atom. The molecular formula is C18H17FN4O3. The maximum absolute atomic E-state index is 14.3. The van der Waals surface area contributed by atoms with Gasteiger partial charge in [0.05, 0.1) is 18.2 Å². The van der Waals surface area contributed by atoms with Crippen LogP contribution >= 0.6 is 0 Å². The molecule has 0 saturated heterocycles. The van der Waals surface area contributed by atoms with Gasteiger partial charge in [-0.2, -0.15) is 0 Å². The number of imidazole rings is 1. The minimum absolute atomic E-state index is 0.116. The highest BCUT2D eigenvalue weighted by molar-refractivity contribution is 5.83. The van der Waals surface area contributed by atoms with Crippen molar-refractivity contribution < 1.29 is 13.9 Å². The van der Waals surface area contributed by atoms with Crippen molar-refractivity contribution >= 4 is 17.1 Å². The highest BCUT2D eigenvalue weighted by atomic mass is 19.1. The Hall–Kier alpha value is -3.16. The molecule has 0 unspecified atom stereocenters. The molecule has 1 aliphatic rings. The van der Waals surface area contributed by atoms with Gasteiger partial charge in [0.15, 0.2) is 5.65 Å². The van der Waals surface area contributed by atoms with Gasteiger partial charge in [0.2, 0.25) is 5.91 Å². The van der Waals surface area contributed by atoms with Crippen molar-refractivity contribution in [2.75, 3.05) is 7.11 Å². The summed E-state index contributed by atoms with van der Waals surface area (Å²) in [4.78, 5) is 31.1. The van der Waals surface area contributed by atoms with E-state index in [0.29, 0.717) is 22.5 Å². The van der Waals surface area contributed by atoms with E-state index in [0.717, 1.165) is 12.8 Å². The number of aromatic amines is 1. The average Bonchev–Trinajstić information content (AvgIpc) is 3.38. The number of nitrogens with zero attached hydrogens (tertiary/aromatic N) is 2. The summed E-state index contributed by atoms with van der Waals surface area (Å²) in [5.74, 6) is -0.326. The van der Waals surface area contributed by atoms with Crippen LogP contribution in [0.4, 0.5) is 4.39 Å². The molecule has 0 atom stereocenters. The normalized spacial score (nSPS) is 13.8. The van der Waals surface area contributed by atoms with E-state index in [2.05, 4.69) is 15.3 Å². The van der Waals surface area contributed by atoms with Gasteiger partial charge in [0.25, 0.3) is 0 Å². The largest absolute Gasteiger partial charge is 0.496 e. The van der Waals surface area contributed by atoms with Crippen molar-refractivity contribution in [3.63, 3.8) is 0 Å². The van der Waals surface area contributed by atoms with Crippen LogP contribution in [0.5, 0.6) is 5.75 Å². The molecule has 3 aromatic rings. The van der Waals surface area contributed by atoms with E-state index >= 15 is 0 Å². The fourth-order valence-electron chi connectivity index (χ4n) is 2.93. The fraction of sp³-hybridized carbons (Fsp3) is 0.278. The first kappa shape index (κ1) is 16.3. The Morgan fingerprint density at radius 2 is 2.27 bits per heavy atom. The molecule has 2 N–H and O–H groups in total. The van der Waals surface area contributed by atoms with Gasteiger partial charge in [-0.1, -0.05) is 6.07 Å². The molecule has 8 heteroatoms. The number of H-pyrrole nitrogens is 1. The second kappa shape index (κ2) is 6.29. The summed E-state index contributed by atoms with van der Waals surface area (Å²) in [6.45, 7) is -0.116. The quantitative estimate of drug-likeness (QED) is 0.730. The predicted octanol–water partition coefficient (Wildman–Crippen LogP) is 1.82. The van der Waals surface area contributed by atoms with Crippen LogP contribution < -0.4 is 15.7 Å². The van der Waals surface area contributed by atoms with Gasteiger partial charge in [-0.3, -0.25) is 14.3 Å². The van der Waals surface area contributed by atoms with Crippen LogP contribution in [-0.4, -0.2) is 33.6 Å². The van der Waals surface area contributed by atoms with Crippen LogP contribution in [0.25, 0.3) is 22.3 Å². The van der Waals surface area contributed by atoms with E-state index in [9.17, 15) is 14.0 Å². The topological polar surface area (TPSA) is 89.0 Å². The van der Waals surface area contributed by atoms with E-state index in [1.165, 1.54) is 23.9 Å². The van der Waals surface area contributed by atoms with Gasteiger partial charge in [0, 0.05) is 17.8 Å². The predicted molar refractivity (Wildman–Crippen MR) is 93.5 cm³/mol. The summed E-state index contributed by atoms with van der Waals surface area (Å²) >= 11 is 0. The minimum atomic E-state index is -0.457. The number of amides is 1. The first-order valence-corrected chi connectivity index (χ1v) is 8.27. The number of carbonyl (C=O) groups excluding carboxylic acids is 1. The molecule has 0 radical (unpaired) electrons. The van der Waals surface area contributed by atoms with Gasteiger partial charge >= 0.3 is 5.69 Å². The van der Waals surface area contributed by atoms with Crippen LogP contribution in [0.1, 0.15) is 12.8 Å². The zero-order chi connectivity index (χ0) is 18.3. The van der Waals surface area contributed by atoms with Gasteiger partial charge in [0.1, 0.15) is 18.1 Å². The zero-order valence-corrected chi connectivity index (χ0v) is 14.1. The lowest BCUT2D eigenvalue weighted by Gasteiger charge is -2.10. The number of fused-ring (bicyclic) bond motifs is 1. The Balaban J connectivity index is 1.78. The van der Waals surface area contributed by atoms with Gasteiger partial charge in [-0.05, 0) is 31.0 Å². The molecule has 26 heavy (non-hydrogen) atoms. The Morgan fingerprint density at radius 3 is 3.00 bits per heavy atom. The van der Waals surface area contributed by atoms with Gasteiger partial charge in [-0.25, -0.2) is 14.2 Å². The lowest BCUT2D eigenvalue weighted by Crippen LogP contribution is -2.32. The Kier molecular flexibility index (Phi) is 3.95. The Labute approximate surface area is 147 Å². The average molecular weight is 356 g/mol. The molecule has 1 fully saturated rings. The number of rotatable bonds is 5. The first-order valence-electron chi connectivity index (χ1n) is 8.27. The molecule has 0 aliphatic heterocycles. The molecule has 0 spiro atoms. The van der Waals surface area contributed by atoms with Gasteiger partial charge < -0.3 is 10.1 Å². The monoisotopic (exact) mass is 356 g/mol. The maximum atomic E-state index is 14.3. The van der Waals surface area contributed by atoms with E-state index in [-0.39, 0.29) is 24.1 Å². The summed E-state index contributed by atoms with van der Waals surface area (Å²) < 4.78 is 20.9. The molecule has 2 heterocycles. The second-order valence-electron chi connectivity index (χ2n) is 6.27. The SMILES string of the molecule is COc1cccc(F)c1-c1cnc2[nH]c(=O)n(CC(=O)NC3CC3)c2c1. The van der Waals surface area contributed by atoms with Crippen molar-refractivity contribution in [3.8, 4) is 16.9 Å². The summed E-state index contributed by atoms with van der Waals surface area (Å²) in [5.41, 5.74) is 1.06. The third-order valence-electron chi connectivity index (χ3n) is 4.36. The number of ether oxygens (including phenoxy) is 1. The smallest absolute Gasteiger partial charge is 0.328 e. The third-order valence-corrected chi connectivity index (χ3v) is 4.36. The van der Waals surface area contributed by atoms with Crippen LogP contribution in [0, 0.1) is 5.82 Å². The lowest BCUT2D eigenvalue weighted by molar-refractivity contribution is -0.121. The van der Waals surface area contributed by atoms with Crippen LogP contribution in [0.3, 0.4) is 0 Å². The summed E-state index contributed by atoms with van der Waals surface area (Å²) in [7, 11) is 1.46. The van der Waals surface area contributed by atoms with Crippen molar-refractivity contribution in [3.05, 3.63) is 46.8 Å². The van der Waals surface area contributed by atoms with Crippen LogP contribution in [0.15, 0.2) is 35.3 Å². The van der Waals surface area contributed by atoms with Crippen LogP contribution in [-0.2, 0) is 11.3 Å². The number of methoxy groups -OCH3 is 1. The minimum Gasteiger partial charge on any atom is -0.496 e. The van der Waals surface area contributed by atoms with E-state index < -0.39 is 11.5 Å².